The molecule has 2 rings (SSSR count). The van der Waals surface area contributed by atoms with Crippen LogP contribution in [0.5, 0.6) is 0 Å². The largest absolute Gasteiger partial charge is 0.378 e. The summed E-state index contributed by atoms with van der Waals surface area (Å²) in [6.07, 6.45) is 7.89. The molecule has 0 unspecified atom stereocenters. The van der Waals surface area contributed by atoms with E-state index in [1.165, 1.54) is 32.1 Å². The quantitative estimate of drug-likeness (QED) is 0.652. The molecule has 0 atom stereocenters. The van der Waals surface area contributed by atoms with Gasteiger partial charge in [-0.25, -0.2) is 0 Å². The first-order valence-corrected chi connectivity index (χ1v) is 5.34. The van der Waals surface area contributed by atoms with Crippen LogP contribution in [0, 0.1) is 22.7 Å². The Bertz CT molecular complexity index is 209. The van der Waals surface area contributed by atoms with Crippen molar-refractivity contribution in [1.82, 2.24) is 0 Å². The molecule has 2 aliphatic rings. The summed E-state index contributed by atoms with van der Waals surface area (Å²) in [5.41, 5.74) is -0.0952. The van der Waals surface area contributed by atoms with Gasteiger partial charge in [-0.1, -0.05) is 32.1 Å². The Kier molecular flexibility index (Phi) is 2.55. The highest BCUT2D eigenvalue weighted by molar-refractivity contribution is 5.04. The van der Waals surface area contributed by atoms with Gasteiger partial charge in [0.2, 0.25) is 0 Å². The highest BCUT2D eigenvalue weighted by Crippen LogP contribution is 2.38. The third kappa shape index (κ3) is 1.86. The van der Waals surface area contributed by atoms with Gasteiger partial charge in [-0.15, -0.1) is 0 Å². The molecule has 1 saturated carbocycles. The molecule has 0 aromatic rings. The lowest BCUT2D eigenvalue weighted by molar-refractivity contribution is -0.0904. The van der Waals surface area contributed by atoms with Crippen LogP contribution in [0.1, 0.15) is 38.5 Å². The molecule has 2 nitrogen and oxygen atoms in total. The number of nitrogens with zero attached hydrogens (tertiary/aromatic N) is 1. The van der Waals surface area contributed by atoms with Crippen LogP contribution in [0.2, 0.25) is 0 Å². The van der Waals surface area contributed by atoms with Crippen LogP contribution in [0.3, 0.4) is 0 Å². The van der Waals surface area contributed by atoms with Crippen LogP contribution < -0.4 is 0 Å². The molecule has 0 bridgehead atoms. The molecule has 13 heavy (non-hydrogen) atoms. The molecular formula is C11H17NO. The van der Waals surface area contributed by atoms with E-state index >= 15 is 0 Å². The van der Waals surface area contributed by atoms with Crippen LogP contribution >= 0.6 is 0 Å². The van der Waals surface area contributed by atoms with Gasteiger partial charge in [-0.2, -0.15) is 5.26 Å². The number of hydrogen-bond acceptors (Lipinski definition) is 2. The van der Waals surface area contributed by atoms with E-state index in [0.29, 0.717) is 13.2 Å². The molecule has 0 radical (unpaired) electrons. The van der Waals surface area contributed by atoms with Crippen molar-refractivity contribution >= 4 is 0 Å². The summed E-state index contributed by atoms with van der Waals surface area (Å²) in [7, 11) is 0. The maximum absolute atomic E-state index is 9.04. The monoisotopic (exact) mass is 179 g/mol. The van der Waals surface area contributed by atoms with E-state index in [1.807, 2.05) is 0 Å². The summed E-state index contributed by atoms with van der Waals surface area (Å²) in [5, 5.41) is 9.04. The van der Waals surface area contributed by atoms with E-state index in [1.54, 1.807) is 0 Å². The summed E-state index contributed by atoms with van der Waals surface area (Å²) in [5.74, 6) is 0.803. The standard InChI is InChI=1S/C11H17NO/c12-7-11(8-13-9-11)6-10-4-2-1-3-5-10/h10H,1-6,8-9H2. The molecule has 1 aliphatic heterocycles. The van der Waals surface area contributed by atoms with E-state index in [0.717, 1.165) is 12.3 Å². The molecule has 2 heteroatoms. The van der Waals surface area contributed by atoms with E-state index in [2.05, 4.69) is 6.07 Å². The summed E-state index contributed by atoms with van der Waals surface area (Å²) in [6, 6.07) is 2.44. The van der Waals surface area contributed by atoms with Crippen molar-refractivity contribution in [3.63, 3.8) is 0 Å². The van der Waals surface area contributed by atoms with Crippen LogP contribution in [0.25, 0.3) is 0 Å². The molecule has 2 fully saturated rings. The summed E-state index contributed by atoms with van der Waals surface area (Å²) >= 11 is 0. The van der Waals surface area contributed by atoms with Crippen molar-refractivity contribution in [1.29, 1.82) is 5.26 Å². The highest BCUT2D eigenvalue weighted by atomic mass is 16.5. The molecule has 0 N–H and O–H groups in total. The molecule has 0 aromatic heterocycles. The molecule has 0 amide bonds. The number of rotatable bonds is 2. The minimum absolute atomic E-state index is 0.0952. The van der Waals surface area contributed by atoms with Gasteiger partial charge in [-0.3, -0.25) is 0 Å². The average molecular weight is 179 g/mol. The fourth-order valence-electron chi connectivity index (χ4n) is 2.52. The second-order valence-electron chi connectivity index (χ2n) is 4.59. The van der Waals surface area contributed by atoms with E-state index in [9.17, 15) is 0 Å². The van der Waals surface area contributed by atoms with E-state index < -0.39 is 0 Å². The Hall–Kier alpha value is -0.550. The van der Waals surface area contributed by atoms with Crippen molar-refractivity contribution in [3.8, 4) is 6.07 Å². The fraction of sp³-hybridized carbons (Fsp3) is 0.909. The lowest BCUT2D eigenvalue weighted by atomic mass is 9.74. The summed E-state index contributed by atoms with van der Waals surface area (Å²) in [4.78, 5) is 0. The first kappa shape index (κ1) is 9.02. The lowest BCUT2D eigenvalue weighted by Crippen LogP contribution is -2.42. The summed E-state index contributed by atoms with van der Waals surface area (Å²) in [6.45, 7) is 1.36. The van der Waals surface area contributed by atoms with Crippen LogP contribution in [0.4, 0.5) is 0 Å². The topological polar surface area (TPSA) is 33.0 Å². The maximum Gasteiger partial charge on any atom is 0.104 e. The van der Waals surface area contributed by atoms with E-state index in [4.69, 9.17) is 10.00 Å². The van der Waals surface area contributed by atoms with Crippen LogP contribution in [0.15, 0.2) is 0 Å². The first-order chi connectivity index (χ1) is 6.35. The molecule has 0 spiro atoms. The van der Waals surface area contributed by atoms with E-state index in [-0.39, 0.29) is 5.41 Å². The smallest absolute Gasteiger partial charge is 0.104 e. The zero-order valence-electron chi connectivity index (χ0n) is 8.09. The van der Waals surface area contributed by atoms with Gasteiger partial charge in [-0.05, 0) is 12.3 Å². The lowest BCUT2D eigenvalue weighted by Gasteiger charge is -2.38. The van der Waals surface area contributed by atoms with Gasteiger partial charge in [0.05, 0.1) is 19.3 Å². The predicted molar refractivity (Wildman–Crippen MR) is 50.1 cm³/mol. The number of ether oxygens (including phenoxy) is 1. The molecule has 1 aliphatic carbocycles. The van der Waals surface area contributed by atoms with Crippen molar-refractivity contribution < 1.29 is 4.74 Å². The second kappa shape index (κ2) is 3.67. The Morgan fingerprint density at radius 2 is 1.92 bits per heavy atom. The average Bonchev–Trinajstić information content (AvgIpc) is 2.13. The van der Waals surface area contributed by atoms with Gasteiger partial charge in [0.1, 0.15) is 5.41 Å². The van der Waals surface area contributed by atoms with Gasteiger partial charge < -0.3 is 4.74 Å². The van der Waals surface area contributed by atoms with Crippen molar-refractivity contribution in [3.05, 3.63) is 0 Å². The first-order valence-electron chi connectivity index (χ1n) is 5.34. The van der Waals surface area contributed by atoms with Crippen LogP contribution in [-0.2, 0) is 4.74 Å². The number of nitriles is 1. The van der Waals surface area contributed by atoms with Gasteiger partial charge in [0, 0.05) is 0 Å². The molecule has 1 heterocycles. The minimum atomic E-state index is -0.0952. The molecule has 0 aromatic carbocycles. The normalized spacial score (nSPS) is 27.6. The third-order valence-electron chi connectivity index (χ3n) is 3.40. The third-order valence-corrected chi connectivity index (χ3v) is 3.40. The Labute approximate surface area is 79.9 Å². The SMILES string of the molecule is N#CC1(CC2CCCCC2)COC1. The zero-order chi connectivity index (χ0) is 9.15. The van der Waals surface area contributed by atoms with Crippen LogP contribution in [-0.4, -0.2) is 13.2 Å². The van der Waals surface area contributed by atoms with Gasteiger partial charge >= 0.3 is 0 Å². The zero-order valence-corrected chi connectivity index (χ0v) is 8.09. The highest BCUT2D eigenvalue weighted by Gasteiger charge is 2.40. The van der Waals surface area contributed by atoms with Crippen molar-refractivity contribution in [2.24, 2.45) is 11.3 Å². The fourth-order valence-corrected chi connectivity index (χ4v) is 2.52. The molecular weight excluding hydrogens is 162 g/mol. The van der Waals surface area contributed by atoms with Crippen molar-refractivity contribution in [2.75, 3.05) is 13.2 Å². The summed E-state index contributed by atoms with van der Waals surface area (Å²) < 4.78 is 5.15. The number of hydrogen-bond donors (Lipinski definition) is 0. The Balaban J connectivity index is 1.85. The maximum atomic E-state index is 9.04. The van der Waals surface area contributed by atoms with Gasteiger partial charge in [0.15, 0.2) is 0 Å². The minimum Gasteiger partial charge on any atom is -0.378 e. The molecule has 72 valence electrons. The Morgan fingerprint density at radius 1 is 1.23 bits per heavy atom. The second-order valence-corrected chi connectivity index (χ2v) is 4.59. The van der Waals surface area contributed by atoms with Crippen molar-refractivity contribution in [2.45, 2.75) is 38.5 Å². The Morgan fingerprint density at radius 3 is 2.38 bits per heavy atom. The van der Waals surface area contributed by atoms with Gasteiger partial charge in [0.25, 0.3) is 0 Å². The molecule has 1 saturated heterocycles. The predicted octanol–water partition coefficient (Wildman–Crippen LogP) is 2.50.